The van der Waals surface area contributed by atoms with Crippen molar-refractivity contribution in [3.63, 3.8) is 0 Å². The summed E-state index contributed by atoms with van der Waals surface area (Å²) in [4.78, 5) is 14.6. The predicted molar refractivity (Wildman–Crippen MR) is 43.6 cm³/mol. The summed E-state index contributed by atoms with van der Waals surface area (Å²) in [7, 11) is 0. The van der Waals surface area contributed by atoms with Crippen LogP contribution in [0.1, 0.15) is 29.4 Å². The predicted octanol–water partition coefficient (Wildman–Crippen LogP) is 2.12. The van der Waals surface area contributed by atoms with Crippen LogP contribution in [0.15, 0.2) is 12.1 Å². The summed E-state index contributed by atoms with van der Waals surface area (Å²) in [5, 5.41) is 0. The molecule has 0 N–H and O–H groups in total. The van der Waals surface area contributed by atoms with Crippen LogP contribution in [-0.4, -0.2) is 10.8 Å². The Labute approximate surface area is 70.4 Å². The molecule has 0 spiro atoms. The topological polar surface area (TPSA) is 30.0 Å². The molecule has 0 amide bonds. The SMILES string of the molecule is CCC(=O)c1ccc(C)nc1F. The van der Waals surface area contributed by atoms with Gasteiger partial charge in [0.2, 0.25) is 5.95 Å². The van der Waals surface area contributed by atoms with Crippen molar-refractivity contribution < 1.29 is 9.18 Å². The Morgan fingerprint density at radius 3 is 2.75 bits per heavy atom. The van der Waals surface area contributed by atoms with Gasteiger partial charge in [-0.3, -0.25) is 4.79 Å². The zero-order valence-electron chi connectivity index (χ0n) is 7.10. The number of hydrogen-bond acceptors (Lipinski definition) is 2. The standard InChI is InChI=1S/C9H10FNO/c1-3-8(12)7-5-4-6(2)11-9(7)10/h4-5H,3H2,1-2H3. The van der Waals surface area contributed by atoms with Gasteiger partial charge in [-0.15, -0.1) is 0 Å². The highest BCUT2D eigenvalue weighted by Gasteiger charge is 2.09. The molecule has 0 saturated carbocycles. The zero-order chi connectivity index (χ0) is 9.14. The van der Waals surface area contributed by atoms with Gasteiger partial charge in [-0.1, -0.05) is 6.92 Å². The average Bonchev–Trinajstić information content (AvgIpc) is 2.03. The van der Waals surface area contributed by atoms with Crippen LogP contribution in [0.3, 0.4) is 0 Å². The lowest BCUT2D eigenvalue weighted by molar-refractivity contribution is 0.0983. The van der Waals surface area contributed by atoms with Crippen LogP contribution in [0.4, 0.5) is 4.39 Å². The van der Waals surface area contributed by atoms with Crippen LogP contribution >= 0.6 is 0 Å². The van der Waals surface area contributed by atoms with E-state index in [4.69, 9.17) is 0 Å². The molecule has 0 saturated heterocycles. The largest absolute Gasteiger partial charge is 0.294 e. The van der Waals surface area contributed by atoms with Crippen LogP contribution in [-0.2, 0) is 0 Å². The van der Waals surface area contributed by atoms with Crippen molar-refractivity contribution in [1.29, 1.82) is 0 Å². The normalized spacial score (nSPS) is 9.92. The molecule has 2 nitrogen and oxygen atoms in total. The number of aromatic nitrogens is 1. The van der Waals surface area contributed by atoms with Gasteiger partial charge >= 0.3 is 0 Å². The van der Waals surface area contributed by atoms with Crippen LogP contribution in [0.25, 0.3) is 0 Å². The van der Waals surface area contributed by atoms with Crippen molar-refractivity contribution >= 4 is 5.78 Å². The maximum Gasteiger partial charge on any atom is 0.223 e. The number of pyridine rings is 1. The van der Waals surface area contributed by atoms with Crippen LogP contribution in [0.5, 0.6) is 0 Å². The minimum atomic E-state index is -0.665. The summed E-state index contributed by atoms with van der Waals surface area (Å²) < 4.78 is 13.0. The first-order chi connectivity index (χ1) is 5.65. The van der Waals surface area contributed by atoms with Gasteiger partial charge in [0.1, 0.15) is 0 Å². The third-order valence-electron chi connectivity index (χ3n) is 1.61. The molecule has 0 fully saturated rings. The van der Waals surface area contributed by atoms with Crippen molar-refractivity contribution in [1.82, 2.24) is 4.98 Å². The molecular formula is C9H10FNO. The molecule has 1 heterocycles. The van der Waals surface area contributed by atoms with E-state index in [1.54, 1.807) is 19.9 Å². The van der Waals surface area contributed by atoms with E-state index in [9.17, 15) is 9.18 Å². The van der Waals surface area contributed by atoms with Crippen molar-refractivity contribution in [2.45, 2.75) is 20.3 Å². The number of ketones is 1. The maximum absolute atomic E-state index is 13.0. The highest BCUT2D eigenvalue weighted by molar-refractivity contribution is 5.95. The second-order valence-corrected chi connectivity index (χ2v) is 2.57. The highest BCUT2D eigenvalue weighted by atomic mass is 19.1. The smallest absolute Gasteiger partial charge is 0.223 e. The van der Waals surface area contributed by atoms with Crippen LogP contribution in [0, 0.1) is 12.9 Å². The molecule has 1 rings (SSSR count). The number of carbonyl (C=O) groups is 1. The fraction of sp³-hybridized carbons (Fsp3) is 0.333. The van der Waals surface area contributed by atoms with Gasteiger partial charge in [0, 0.05) is 12.1 Å². The van der Waals surface area contributed by atoms with Crippen LogP contribution in [0.2, 0.25) is 0 Å². The maximum atomic E-state index is 13.0. The molecule has 0 unspecified atom stereocenters. The van der Waals surface area contributed by atoms with E-state index in [1.807, 2.05) is 0 Å². The Hall–Kier alpha value is -1.25. The molecule has 0 aliphatic carbocycles. The van der Waals surface area contributed by atoms with Crippen molar-refractivity contribution in [2.75, 3.05) is 0 Å². The summed E-state index contributed by atoms with van der Waals surface area (Å²) in [6, 6.07) is 3.11. The van der Waals surface area contributed by atoms with E-state index in [0.717, 1.165) is 0 Å². The molecule has 64 valence electrons. The number of rotatable bonds is 2. The highest BCUT2D eigenvalue weighted by Crippen LogP contribution is 2.07. The van der Waals surface area contributed by atoms with Crippen molar-refractivity contribution in [3.8, 4) is 0 Å². The van der Waals surface area contributed by atoms with Crippen molar-refractivity contribution in [3.05, 3.63) is 29.3 Å². The fourth-order valence-electron chi connectivity index (χ4n) is 0.923. The van der Waals surface area contributed by atoms with Gasteiger partial charge in [0.25, 0.3) is 0 Å². The fourth-order valence-corrected chi connectivity index (χ4v) is 0.923. The number of aryl methyl sites for hydroxylation is 1. The van der Waals surface area contributed by atoms with Crippen LogP contribution < -0.4 is 0 Å². The van der Waals surface area contributed by atoms with E-state index in [0.29, 0.717) is 12.1 Å². The minimum absolute atomic E-state index is 0.0862. The summed E-state index contributed by atoms with van der Waals surface area (Å²) >= 11 is 0. The van der Waals surface area contributed by atoms with E-state index in [-0.39, 0.29) is 11.3 Å². The number of Topliss-reactive ketones (excluding diaryl/α,β-unsaturated/α-hetero) is 1. The lowest BCUT2D eigenvalue weighted by Crippen LogP contribution is -2.03. The lowest BCUT2D eigenvalue weighted by atomic mass is 10.1. The first-order valence-electron chi connectivity index (χ1n) is 3.81. The summed E-state index contributed by atoms with van der Waals surface area (Å²) in [6.45, 7) is 3.38. The van der Waals surface area contributed by atoms with E-state index >= 15 is 0 Å². The first kappa shape index (κ1) is 8.84. The van der Waals surface area contributed by atoms with E-state index in [1.165, 1.54) is 6.07 Å². The van der Waals surface area contributed by atoms with Crippen molar-refractivity contribution in [2.24, 2.45) is 0 Å². The summed E-state index contributed by atoms with van der Waals surface area (Å²) in [6.07, 6.45) is 0.307. The van der Waals surface area contributed by atoms with Gasteiger partial charge in [-0.05, 0) is 19.1 Å². The number of carbonyl (C=O) groups excluding carboxylic acids is 1. The van der Waals surface area contributed by atoms with E-state index in [2.05, 4.69) is 4.98 Å². The molecule has 0 aromatic carbocycles. The summed E-state index contributed by atoms with van der Waals surface area (Å²) in [5.41, 5.74) is 0.670. The molecule has 0 radical (unpaired) electrons. The molecule has 0 aliphatic rings. The molecule has 1 aromatic rings. The van der Waals surface area contributed by atoms with Gasteiger partial charge in [-0.2, -0.15) is 4.39 Å². The Bertz CT molecular complexity index is 309. The zero-order valence-corrected chi connectivity index (χ0v) is 7.10. The Morgan fingerprint density at radius 2 is 2.25 bits per heavy atom. The number of nitrogens with zero attached hydrogens (tertiary/aromatic N) is 1. The number of halogens is 1. The van der Waals surface area contributed by atoms with Gasteiger partial charge in [-0.25, -0.2) is 4.98 Å². The van der Waals surface area contributed by atoms with Gasteiger partial charge in [0.15, 0.2) is 5.78 Å². The Balaban J connectivity index is 3.09. The van der Waals surface area contributed by atoms with Gasteiger partial charge < -0.3 is 0 Å². The second kappa shape index (κ2) is 3.43. The van der Waals surface area contributed by atoms with E-state index < -0.39 is 5.95 Å². The first-order valence-corrected chi connectivity index (χ1v) is 3.81. The second-order valence-electron chi connectivity index (χ2n) is 2.57. The molecule has 0 bridgehead atoms. The monoisotopic (exact) mass is 167 g/mol. The Morgan fingerprint density at radius 1 is 1.58 bits per heavy atom. The lowest BCUT2D eigenvalue weighted by Gasteiger charge is -1.99. The van der Waals surface area contributed by atoms with Gasteiger partial charge in [0.05, 0.1) is 5.56 Å². The third-order valence-corrected chi connectivity index (χ3v) is 1.61. The third kappa shape index (κ3) is 1.67. The Kier molecular flexibility index (Phi) is 2.53. The quantitative estimate of drug-likeness (QED) is 0.498. The minimum Gasteiger partial charge on any atom is -0.294 e. The molecule has 0 atom stereocenters. The molecular weight excluding hydrogens is 157 g/mol. The molecule has 1 aromatic heterocycles. The number of hydrogen-bond donors (Lipinski definition) is 0. The molecule has 3 heteroatoms. The molecule has 12 heavy (non-hydrogen) atoms. The average molecular weight is 167 g/mol. The molecule has 0 aliphatic heterocycles. The summed E-state index contributed by atoms with van der Waals surface area (Å²) in [5.74, 6) is -0.873.